The second-order valence-corrected chi connectivity index (χ2v) is 4.78. The molecule has 0 rings (SSSR count). The average molecular weight is 183 g/mol. The molecule has 0 bridgehead atoms. The minimum absolute atomic E-state index is 0.605. The van der Waals surface area contributed by atoms with Gasteiger partial charge in [0.15, 0.2) is 0 Å². The highest BCUT2D eigenvalue weighted by Gasteiger charge is 2.21. The summed E-state index contributed by atoms with van der Waals surface area (Å²) in [5.41, 5.74) is 0. The van der Waals surface area contributed by atoms with E-state index in [1.807, 2.05) is 0 Å². The van der Waals surface area contributed by atoms with Gasteiger partial charge in [-0.3, -0.25) is 0 Å². The van der Waals surface area contributed by atoms with E-state index in [1.54, 1.807) is 0 Å². The molecule has 0 aliphatic rings. The Morgan fingerprint density at radius 1 is 0.923 bits per heavy atom. The highest BCUT2D eigenvalue weighted by molar-refractivity contribution is 4.73. The molecule has 0 aromatic carbocycles. The van der Waals surface area contributed by atoms with Gasteiger partial charge in [0.2, 0.25) is 0 Å². The van der Waals surface area contributed by atoms with Crippen molar-refractivity contribution in [1.82, 2.24) is 0 Å². The van der Waals surface area contributed by atoms with Gasteiger partial charge in [-0.15, -0.1) is 0 Å². The maximum Gasteiger partial charge on any atom is -0.0360 e. The van der Waals surface area contributed by atoms with Crippen LogP contribution in [0.5, 0.6) is 0 Å². The molecule has 3 unspecified atom stereocenters. The molecule has 1 radical (unpaired) electrons. The second-order valence-electron chi connectivity index (χ2n) is 4.78. The Labute approximate surface area is 85.1 Å². The zero-order valence-corrected chi connectivity index (χ0v) is 10.1. The first kappa shape index (κ1) is 13.0. The normalized spacial score (nSPS) is 18.7. The van der Waals surface area contributed by atoms with Crippen molar-refractivity contribution in [2.75, 3.05) is 0 Å². The van der Waals surface area contributed by atoms with Crippen LogP contribution in [0.4, 0.5) is 0 Å². The van der Waals surface area contributed by atoms with Gasteiger partial charge in [-0.2, -0.15) is 0 Å². The van der Waals surface area contributed by atoms with E-state index in [-0.39, 0.29) is 0 Å². The summed E-state index contributed by atoms with van der Waals surface area (Å²) >= 11 is 0. The Morgan fingerprint density at radius 2 is 1.31 bits per heavy atom. The summed E-state index contributed by atoms with van der Waals surface area (Å²) in [6.07, 6.45) is 3.91. The third-order valence-electron chi connectivity index (χ3n) is 3.42. The van der Waals surface area contributed by atoms with E-state index in [0.29, 0.717) is 5.92 Å². The summed E-state index contributed by atoms with van der Waals surface area (Å²) in [4.78, 5) is 0. The Bertz CT molecular complexity index is 105. The van der Waals surface area contributed by atoms with Crippen LogP contribution in [-0.2, 0) is 0 Å². The van der Waals surface area contributed by atoms with Crippen molar-refractivity contribution in [3.05, 3.63) is 6.92 Å². The van der Waals surface area contributed by atoms with Crippen LogP contribution in [0.2, 0.25) is 0 Å². The van der Waals surface area contributed by atoms with Gasteiger partial charge in [0.05, 0.1) is 0 Å². The molecule has 0 aliphatic carbocycles. The first-order chi connectivity index (χ1) is 6.02. The van der Waals surface area contributed by atoms with Gasteiger partial charge in [0, 0.05) is 0 Å². The topological polar surface area (TPSA) is 0 Å². The molecule has 0 spiro atoms. The van der Waals surface area contributed by atoms with Gasteiger partial charge in [-0.25, -0.2) is 0 Å². The Hall–Kier alpha value is 0. The minimum Gasteiger partial charge on any atom is -0.0651 e. The summed E-state index contributed by atoms with van der Waals surface area (Å²) in [6, 6.07) is 0. The van der Waals surface area contributed by atoms with Crippen molar-refractivity contribution in [1.29, 1.82) is 0 Å². The molecule has 3 atom stereocenters. The van der Waals surface area contributed by atoms with Gasteiger partial charge in [0.25, 0.3) is 0 Å². The predicted molar refractivity (Wildman–Crippen MR) is 61.5 cm³/mol. The fourth-order valence-electron chi connectivity index (χ4n) is 2.10. The first-order valence-corrected chi connectivity index (χ1v) is 5.85. The highest BCUT2D eigenvalue weighted by atomic mass is 14.3. The van der Waals surface area contributed by atoms with Crippen molar-refractivity contribution >= 4 is 0 Å². The quantitative estimate of drug-likeness (QED) is 0.566. The third kappa shape index (κ3) is 4.69. The van der Waals surface area contributed by atoms with Crippen molar-refractivity contribution in [2.45, 2.75) is 53.9 Å². The number of rotatable bonds is 6. The molecule has 13 heavy (non-hydrogen) atoms. The molecule has 0 aromatic heterocycles. The second kappa shape index (κ2) is 6.45. The van der Waals surface area contributed by atoms with Crippen LogP contribution in [0.1, 0.15) is 53.9 Å². The standard InChI is InChI=1S/C13H27/c1-7-11(5)13(9-10(3)4)12(6)8-2/h10-13H,3,7-9H2,1-2,4-6H3. The minimum atomic E-state index is 0.605. The Balaban J connectivity index is 4.17. The van der Waals surface area contributed by atoms with E-state index >= 15 is 0 Å². The maximum atomic E-state index is 4.11. The monoisotopic (exact) mass is 183 g/mol. The summed E-state index contributed by atoms with van der Waals surface area (Å²) < 4.78 is 0. The lowest BCUT2D eigenvalue weighted by Crippen LogP contribution is -2.21. The molecule has 0 aromatic rings. The molecule has 0 heterocycles. The van der Waals surface area contributed by atoms with Gasteiger partial charge in [-0.05, 0) is 30.1 Å². The van der Waals surface area contributed by atoms with Gasteiger partial charge >= 0.3 is 0 Å². The molecular formula is C13H27. The van der Waals surface area contributed by atoms with Gasteiger partial charge < -0.3 is 0 Å². The molecule has 0 aliphatic heterocycles. The van der Waals surface area contributed by atoms with E-state index in [0.717, 1.165) is 17.8 Å². The molecular weight excluding hydrogens is 156 g/mol. The maximum absolute atomic E-state index is 4.11. The highest BCUT2D eigenvalue weighted by Crippen LogP contribution is 2.31. The van der Waals surface area contributed by atoms with Crippen LogP contribution in [0.25, 0.3) is 0 Å². The molecule has 0 N–H and O–H groups in total. The summed E-state index contributed by atoms with van der Waals surface area (Å²) in [5, 5.41) is 0. The zero-order chi connectivity index (χ0) is 10.4. The molecule has 0 nitrogen and oxygen atoms in total. The summed E-state index contributed by atoms with van der Waals surface area (Å²) in [6.45, 7) is 15.7. The lowest BCUT2D eigenvalue weighted by atomic mass is 9.76. The molecule has 0 saturated heterocycles. The van der Waals surface area contributed by atoms with Crippen molar-refractivity contribution in [2.24, 2.45) is 23.7 Å². The van der Waals surface area contributed by atoms with Gasteiger partial charge in [0.1, 0.15) is 0 Å². The molecule has 0 fully saturated rings. The van der Waals surface area contributed by atoms with Crippen LogP contribution in [0.15, 0.2) is 0 Å². The fraction of sp³-hybridized carbons (Fsp3) is 0.923. The van der Waals surface area contributed by atoms with Crippen LogP contribution in [-0.4, -0.2) is 0 Å². The average Bonchev–Trinajstić information content (AvgIpc) is 2.11. The van der Waals surface area contributed by atoms with E-state index < -0.39 is 0 Å². The van der Waals surface area contributed by atoms with Crippen LogP contribution in [0, 0.1) is 30.6 Å². The van der Waals surface area contributed by atoms with Crippen LogP contribution < -0.4 is 0 Å². The summed E-state index contributed by atoms with van der Waals surface area (Å²) in [7, 11) is 0. The lowest BCUT2D eigenvalue weighted by Gasteiger charge is -2.30. The number of hydrogen-bond donors (Lipinski definition) is 0. The van der Waals surface area contributed by atoms with E-state index in [9.17, 15) is 0 Å². The molecule has 0 saturated carbocycles. The largest absolute Gasteiger partial charge is 0.0651 e. The van der Waals surface area contributed by atoms with E-state index in [1.165, 1.54) is 19.3 Å². The lowest BCUT2D eigenvalue weighted by molar-refractivity contribution is 0.211. The molecule has 0 amide bonds. The molecule has 0 heteroatoms. The van der Waals surface area contributed by atoms with E-state index in [4.69, 9.17) is 0 Å². The molecule has 79 valence electrons. The van der Waals surface area contributed by atoms with Crippen LogP contribution in [0.3, 0.4) is 0 Å². The van der Waals surface area contributed by atoms with Gasteiger partial charge in [-0.1, -0.05) is 54.4 Å². The summed E-state index contributed by atoms with van der Waals surface area (Å²) in [5.74, 6) is 3.20. The zero-order valence-electron chi connectivity index (χ0n) is 10.1. The Morgan fingerprint density at radius 3 is 1.54 bits per heavy atom. The smallest absolute Gasteiger partial charge is 0.0360 e. The van der Waals surface area contributed by atoms with E-state index in [2.05, 4.69) is 41.5 Å². The fourth-order valence-corrected chi connectivity index (χ4v) is 2.10. The van der Waals surface area contributed by atoms with Crippen molar-refractivity contribution in [3.63, 3.8) is 0 Å². The van der Waals surface area contributed by atoms with Crippen molar-refractivity contribution in [3.8, 4) is 0 Å². The Kier molecular flexibility index (Phi) is 6.45. The third-order valence-corrected chi connectivity index (χ3v) is 3.42. The predicted octanol–water partition coefficient (Wildman–Crippen LogP) is 4.56. The SMILES string of the molecule is [CH2]C(C)CC(C(C)CC)C(C)CC. The first-order valence-electron chi connectivity index (χ1n) is 5.85. The number of hydrogen-bond acceptors (Lipinski definition) is 0. The van der Waals surface area contributed by atoms with Crippen LogP contribution >= 0.6 is 0 Å². The van der Waals surface area contributed by atoms with Crippen molar-refractivity contribution < 1.29 is 0 Å².